The number of ether oxygens (including phenoxy) is 1. The zero-order chi connectivity index (χ0) is 15.1. The molecule has 1 aromatic carbocycles. The van der Waals surface area contributed by atoms with Gasteiger partial charge in [-0.1, -0.05) is 24.8 Å². The summed E-state index contributed by atoms with van der Waals surface area (Å²) in [4.78, 5) is 14.6. The van der Waals surface area contributed by atoms with Crippen LogP contribution in [-0.4, -0.2) is 22.7 Å². The summed E-state index contributed by atoms with van der Waals surface area (Å²) in [5, 5.41) is 8.71. The van der Waals surface area contributed by atoms with Gasteiger partial charge in [0.25, 0.3) is 0 Å². The van der Waals surface area contributed by atoms with Crippen molar-refractivity contribution in [3.05, 3.63) is 59.4 Å². The molecule has 0 aliphatic rings. The van der Waals surface area contributed by atoms with Gasteiger partial charge in [-0.2, -0.15) is 0 Å². The van der Waals surface area contributed by atoms with Crippen molar-refractivity contribution in [1.82, 2.24) is 4.98 Å². The third kappa shape index (κ3) is 4.36. The molecule has 4 nitrogen and oxygen atoms in total. The van der Waals surface area contributed by atoms with Crippen LogP contribution in [0.15, 0.2) is 42.7 Å². The lowest BCUT2D eigenvalue weighted by Gasteiger charge is -2.07. The molecule has 0 aliphatic carbocycles. The summed E-state index contributed by atoms with van der Waals surface area (Å²) in [5.41, 5.74) is 2.59. The van der Waals surface area contributed by atoms with Crippen LogP contribution in [0, 0.1) is 11.8 Å². The van der Waals surface area contributed by atoms with E-state index in [2.05, 4.69) is 16.8 Å². The number of aromatic nitrogens is 1. The number of carboxylic acid groups (broad SMARTS) is 1. The van der Waals surface area contributed by atoms with Gasteiger partial charge < -0.3 is 9.84 Å². The molecule has 0 radical (unpaired) electrons. The minimum absolute atomic E-state index is 0.382. The van der Waals surface area contributed by atoms with Crippen LogP contribution in [0.1, 0.15) is 23.6 Å². The van der Waals surface area contributed by atoms with Crippen molar-refractivity contribution >= 4 is 5.97 Å². The summed E-state index contributed by atoms with van der Waals surface area (Å²) < 4.78 is 5.27. The van der Waals surface area contributed by atoms with Crippen molar-refractivity contribution in [1.29, 1.82) is 0 Å². The monoisotopic (exact) mass is 281 g/mol. The van der Waals surface area contributed by atoms with Crippen LogP contribution in [0.4, 0.5) is 0 Å². The van der Waals surface area contributed by atoms with Crippen molar-refractivity contribution in [2.24, 2.45) is 0 Å². The topological polar surface area (TPSA) is 59.4 Å². The van der Waals surface area contributed by atoms with Gasteiger partial charge in [0.1, 0.15) is 5.75 Å². The standard InChI is InChI=1S/C17H15NO3/c1-2-13-6-8-16(21-12-17(19)20)15(10-13)7-5-14-4-3-9-18-11-14/h3-4,6,8-11H,2,12H2,1H3,(H,19,20). The van der Waals surface area contributed by atoms with Crippen molar-refractivity contribution in [2.75, 3.05) is 6.61 Å². The Balaban J connectivity index is 2.31. The number of pyridine rings is 1. The number of nitrogens with zero attached hydrogens (tertiary/aromatic N) is 1. The Morgan fingerprint density at radius 3 is 2.86 bits per heavy atom. The van der Waals surface area contributed by atoms with E-state index in [1.54, 1.807) is 18.5 Å². The second-order valence-corrected chi connectivity index (χ2v) is 4.36. The molecule has 0 fully saturated rings. The fraction of sp³-hybridized carbons (Fsp3) is 0.176. The molecule has 1 heterocycles. The number of aryl methyl sites for hydroxylation is 1. The molecule has 0 aliphatic heterocycles. The zero-order valence-corrected chi connectivity index (χ0v) is 11.7. The van der Waals surface area contributed by atoms with Gasteiger partial charge in [0, 0.05) is 18.0 Å². The molecular weight excluding hydrogens is 266 g/mol. The summed E-state index contributed by atoms with van der Waals surface area (Å²) in [5.74, 6) is 5.48. The van der Waals surface area contributed by atoms with Gasteiger partial charge in [0.15, 0.2) is 6.61 Å². The lowest BCUT2D eigenvalue weighted by molar-refractivity contribution is -0.139. The molecule has 4 heteroatoms. The van der Waals surface area contributed by atoms with E-state index in [0.717, 1.165) is 17.5 Å². The Hall–Kier alpha value is -2.80. The molecule has 0 spiro atoms. The predicted molar refractivity (Wildman–Crippen MR) is 79.2 cm³/mol. The second-order valence-electron chi connectivity index (χ2n) is 4.36. The van der Waals surface area contributed by atoms with Crippen LogP contribution in [0.3, 0.4) is 0 Å². The molecular formula is C17H15NO3. The largest absolute Gasteiger partial charge is 0.481 e. The molecule has 0 saturated carbocycles. The minimum atomic E-state index is -1.01. The first-order valence-electron chi connectivity index (χ1n) is 6.58. The summed E-state index contributed by atoms with van der Waals surface area (Å²) in [7, 11) is 0. The molecule has 0 amide bonds. The van der Waals surface area contributed by atoms with Gasteiger partial charge in [-0.25, -0.2) is 4.79 Å². The number of hydrogen-bond donors (Lipinski definition) is 1. The first kappa shape index (κ1) is 14.6. The first-order chi connectivity index (χ1) is 10.2. The summed E-state index contributed by atoms with van der Waals surface area (Å²) in [6.45, 7) is 1.67. The quantitative estimate of drug-likeness (QED) is 0.875. The number of benzene rings is 1. The van der Waals surface area contributed by atoms with Crippen LogP contribution < -0.4 is 4.74 Å². The molecule has 0 atom stereocenters. The van der Waals surface area contributed by atoms with E-state index in [-0.39, 0.29) is 6.61 Å². The second kappa shape index (κ2) is 7.11. The minimum Gasteiger partial charge on any atom is -0.481 e. The van der Waals surface area contributed by atoms with Gasteiger partial charge in [-0.05, 0) is 36.2 Å². The molecule has 0 saturated heterocycles. The van der Waals surface area contributed by atoms with Crippen LogP contribution >= 0.6 is 0 Å². The van der Waals surface area contributed by atoms with Crippen molar-refractivity contribution in [3.63, 3.8) is 0 Å². The smallest absolute Gasteiger partial charge is 0.341 e. The molecule has 1 N–H and O–H groups in total. The maximum absolute atomic E-state index is 10.6. The van der Waals surface area contributed by atoms with Gasteiger partial charge in [-0.15, -0.1) is 0 Å². The maximum Gasteiger partial charge on any atom is 0.341 e. The highest BCUT2D eigenvalue weighted by Crippen LogP contribution is 2.20. The number of rotatable bonds is 4. The molecule has 0 bridgehead atoms. The van der Waals surface area contributed by atoms with Gasteiger partial charge >= 0.3 is 5.97 Å². The third-order valence-electron chi connectivity index (χ3n) is 2.81. The Morgan fingerprint density at radius 2 is 2.19 bits per heavy atom. The SMILES string of the molecule is CCc1ccc(OCC(=O)O)c(C#Cc2cccnc2)c1. The van der Waals surface area contributed by atoms with Crippen LogP contribution in [-0.2, 0) is 11.2 Å². The Kier molecular flexibility index (Phi) is 4.94. The van der Waals surface area contributed by atoms with E-state index in [1.807, 2.05) is 31.2 Å². The predicted octanol–water partition coefficient (Wildman–Crippen LogP) is 2.51. The van der Waals surface area contributed by atoms with E-state index < -0.39 is 5.97 Å². The van der Waals surface area contributed by atoms with Crippen LogP contribution in [0.5, 0.6) is 5.75 Å². The highest BCUT2D eigenvalue weighted by atomic mass is 16.5. The van der Waals surface area contributed by atoms with Crippen molar-refractivity contribution < 1.29 is 14.6 Å². The maximum atomic E-state index is 10.6. The Morgan fingerprint density at radius 1 is 1.33 bits per heavy atom. The molecule has 2 aromatic rings. The number of carbonyl (C=O) groups is 1. The number of aliphatic carboxylic acids is 1. The van der Waals surface area contributed by atoms with E-state index in [9.17, 15) is 4.79 Å². The number of hydrogen-bond acceptors (Lipinski definition) is 3. The molecule has 0 unspecified atom stereocenters. The first-order valence-corrected chi connectivity index (χ1v) is 6.58. The van der Waals surface area contributed by atoms with E-state index >= 15 is 0 Å². The van der Waals surface area contributed by atoms with Crippen molar-refractivity contribution in [3.8, 4) is 17.6 Å². The van der Waals surface area contributed by atoms with E-state index in [4.69, 9.17) is 9.84 Å². The zero-order valence-electron chi connectivity index (χ0n) is 11.7. The summed E-state index contributed by atoms with van der Waals surface area (Å²) in [6, 6.07) is 9.26. The van der Waals surface area contributed by atoms with Crippen molar-refractivity contribution in [2.45, 2.75) is 13.3 Å². The lowest BCUT2D eigenvalue weighted by atomic mass is 10.1. The normalized spacial score (nSPS) is 9.57. The Labute approximate surface area is 123 Å². The summed E-state index contributed by atoms with van der Waals surface area (Å²) >= 11 is 0. The van der Waals surface area contributed by atoms with Crippen LogP contribution in [0.2, 0.25) is 0 Å². The highest BCUT2D eigenvalue weighted by molar-refractivity contribution is 5.68. The Bertz CT molecular complexity index is 684. The fourth-order valence-electron chi connectivity index (χ4n) is 1.74. The lowest BCUT2D eigenvalue weighted by Crippen LogP contribution is -2.10. The third-order valence-corrected chi connectivity index (χ3v) is 2.81. The molecule has 106 valence electrons. The molecule has 21 heavy (non-hydrogen) atoms. The van der Waals surface area contributed by atoms with E-state index in [0.29, 0.717) is 11.3 Å². The van der Waals surface area contributed by atoms with Crippen LogP contribution in [0.25, 0.3) is 0 Å². The van der Waals surface area contributed by atoms with Gasteiger partial charge in [-0.3, -0.25) is 4.98 Å². The highest BCUT2D eigenvalue weighted by Gasteiger charge is 2.05. The average molecular weight is 281 g/mol. The van der Waals surface area contributed by atoms with Gasteiger partial charge in [0.05, 0.1) is 5.56 Å². The summed E-state index contributed by atoms with van der Waals surface area (Å²) in [6.07, 6.45) is 4.24. The fourth-order valence-corrected chi connectivity index (χ4v) is 1.74. The molecule has 1 aromatic heterocycles. The molecule has 2 rings (SSSR count). The van der Waals surface area contributed by atoms with Gasteiger partial charge in [0.2, 0.25) is 0 Å². The average Bonchev–Trinajstić information content (AvgIpc) is 2.52. The van der Waals surface area contributed by atoms with E-state index in [1.165, 1.54) is 0 Å². The number of carboxylic acids is 1.